The highest BCUT2D eigenvalue weighted by molar-refractivity contribution is 5.80. The standard InChI is InChI=1S/C12H18N4O/c1-15-7-11(6-14-15)9-2-3-16(8-9)12(17)10-4-13-5-10/h6-7,9-10,13H,2-5,8H2,1H3. The summed E-state index contributed by atoms with van der Waals surface area (Å²) >= 11 is 0. The summed E-state index contributed by atoms with van der Waals surface area (Å²) in [5.74, 6) is 1.03. The van der Waals surface area contributed by atoms with Crippen LogP contribution in [0.3, 0.4) is 0 Å². The van der Waals surface area contributed by atoms with E-state index < -0.39 is 0 Å². The van der Waals surface area contributed by atoms with E-state index in [1.807, 2.05) is 22.8 Å². The van der Waals surface area contributed by atoms with Gasteiger partial charge in [-0.1, -0.05) is 0 Å². The number of rotatable bonds is 2. The fourth-order valence-corrected chi connectivity index (χ4v) is 2.60. The van der Waals surface area contributed by atoms with Gasteiger partial charge in [0.15, 0.2) is 0 Å². The van der Waals surface area contributed by atoms with E-state index >= 15 is 0 Å². The Labute approximate surface area is 101 Å². The summed E-state index contributed by atoms with van der Waals surface area (Å²) in [6.45, 7) is 3.47. The van der Waals surface area contributed by atoms with E-state index in [9.17, 15) is 4.79 Å². The maximum atomic E-state index is 12.1. The monoisotopic (exact) mass is 234 g/mol. The summed E-state index contributed by atoms with van der Waals surface area (Å²) in [5.41, 5.74) is 1.26. The third-order valence-corrected chi connectivity index (χ3v) is 3.83. The third-order valence-electron chi connectivity index (χ3n) is 3.83. The lowest BCUT2D eigenvalue weighted by atomic mass is 10.0. The van der Waals surface area contributed by atoms with Crippen molar-refractivity contribution in [3.8, 4) is 0 Å². The van der Waals surface area contributed by atoms with Crippen molar-refractivity contribution in [3.63, 3.8) is 0 Å². The minimum Gasteiger partial charge on any atom is -0.342 e. The van der Waals surface area contributed by atoms with Crippen molar-refractivity contribution < 1.29 is 4.79 Å². The van der Waals surface area contributed by atoms with Crippen molar-refractivity contribution in [1.29, 1.82) is 0 Å². The fourth-order valence-electron chi connectivity index (χ4n) is 2.60. The molecule has 5 nitrogen and oxygen atoms in total. The largest absolute Gasteiger partial charge is 0.342 e. The molecule has 0 aliphatic carbocycles. The van der Waals surface area contributed by atoms with E-state index in [0.29, 0.717) is 11.8 Å². The zero-order valence-electron chi connectivity index (χ0n) is 10.1. The van der Waals surface area contributed by atoms with E-state index in [0.717, 1.165) is 32.6 Å². The molecule has 17 heavy (non-hydrogen) atoms. The molecule has 1 N–H and O–H groups in total. The third kappa shape index (κ3) is 1.95. The molecule has 2 aliphatic heterocycles. The molecule has 1 unspecified atom stereocenters. The number of aromatic nitrogens is 2. The minimum atomic E-state index is 0.225. The molecular weight excluding hydrogens is 216 g/mol. The van der Waals surface area contributed by atoms with Gasteiger partial charge in [-0.05, 0) is 12.0 Å². The van der Waals surface area contributed by atoms with Gasteiger partial charge >= 0.3 is 0 Å². The number of nitrogens with zero attached hydrogens (tertiary/aromatic N) is 3. The molecule has 92 valence electrons. The van der Waals surface area contributed by atoms with Crippen LogP contribution in [0.4, 0.5) is 0 Å². The predicted molar refractivity (Wildman–Crippen MR) is 63.5 cm³/mol. The average Bonchev–Trinajstić information content (AvgIpc) is 2.82. The van der Waals surface area contributed by atoms with Crippen LogP contribution in [-0.2, 0) is 11.8 Å². The molecule has 5 heteroatoms. The quantitative estimate of drug-likeness (QED) is 0.781. The summed E-state index contributed by atoms with van der Waals surface area (Å²) in [6.07, 6.45) is 5.05. The zero-order chi connectivity index (χ0) is 11.8. The summed E-state index contributed by atoms with van der Waals surface area (Å²) in [4.78, 5) is 14.1. The van der Waals surface area contributed by atoms with Gasteiger partial charge in [0.2, 0.25) is 5.91 Å². The van der Waals surface area contributed by atoms with Gasteiger partial charge in [-0.2, -0.15) is 5.10 Å². The predicted octanol–water partition coefficient (Wildman–Crippen LogP) is -0.0446. The van der Waals surface area contributed by atoms with Crippen molar-refractivity contribution in [2.45, 2.75) is 12.3 Å². The van der Waals surface area contributed by atoms with Gasteiger partial charge in [0.1, 0.15) is 0 Å². The van der Waals surface area contributed by atoms with Crippen LogP contribution >= 0.6 is 0 Å². The Morgan fingerprint density at radius 3 is 2.94 bits per heavy atom. The van der Waals surface area contributed by atoms with E-state index in [1.54, 1.807) is 0 Å². The number of nitrogens with one attached hydrogen (secondary N) is 1. The summed E-state index contributed by atoms with van der Waals surface area (Å²) in [6, 6.07) is 0. The van der Waals surface area contributed by atoms with Gasteiger partial charge in [-0.3, -0.25) is 9.48 Å². The first-order chi connectivity index (χ1) is 8.24. The molecule has 1 amide bonds. The number of aryl methyl sites for hydroxylation is 1. The second-order valence-corrected chi connectivity index (χ2v) is 5.07. The first kappa shape index (κ1) is 10.8. The van der Waals surface area contributed by atoms with Crippen LogP contribution in [0.1, 0.15) is 17.9 Å². The molecule has 1 aromatic rings. The van der Waals surface area contributed by atoms with Crippen LogP contribution in [0.2, 0.25) is 0 Å². The topological polar surface area (TPSA) is 50.2 Å². The summed E-state index contributed by atoms with van der Waals surface area (Å²) in [5, 5.41) is 7.35. The molecule has 0 radical (unpaired) electrons. The average molecular weight is 234 g/mol. The second kappa shape index (κ2) is 4.14. The van der Waals surface area contributed by atoms with Crippen LogP contribution in [-0.4, -0.2) is 46.8 Å². The number of carbonyl (C=O) groups excluding carboxylic acids is 1. The second-order valence-electron chi connectivity index (χ2n) is 5.07. The highest BCUT2D eigenvalue weighted by Crippen LogP contribution is 2.28. The molecule has 0 saturated carbocycles. The lowest BCUT2D eigenvalue weighted by molar-refractivity contribution is -0.136. The Morgan fingerprint density at radius 2 is 2.35 bits per heavy atom. The summed E-state index contributed by atoms with van der Waals surface area (Å²) in [7, 11) is 1.93. The van der Waals surface area contributed by atoms with Crippen molar-refractivity contribution in [2.24, 2.45) is 13.0 Å². The van der Waals surface area contributed by atoms with Gasteiger partial charge in [-0.25, -0.2) is 0 Å². The first-order valence-corrected chi connectivity index (χ1v) is 6.22. The SMILES string of the molecule is Cn1cc(C2CCN(C(=O)C3CNC3)C2)cn1. The van der Waals surface area contributed by atoms with Gasteiger partial charge < -0.3 is 10.2 Å². The van der Waals surface area contributed by atoms with Gasteiger partial charge in [0.05, 0.1) is 12.1 Å². The number of carbonyl (C=O) groups is 1. The van der Waals surface area contributed by atoms with E-state index in [2.05, 4.69) is 16.6 Å². The molecule has 3 rings (SSSR count). The Bertz CT molecular complexity index is 424. The zero-order valence-corrected chi connectivity index (χ0v) is 10.1. The number of hydrogen-bond donors (Lipinski definition) is 1. The van der Waals surface area contributed by atoms with E-state index in [-0.39, 0.29) is 5.92 Å². The molecule has 3 heterocycles. The molecular formula is C12H18N4O. The fraction of sp³-hybridized carbons (Fsp3) is 0.667. The van der Waals surface area contributed by atoms with Crippen molar-refractivity contribution >= 4 is 5.91 Å². The Hall–Kier alpha value is -1.36. The molecule has 0 aromatic carbocycles. The van der Waals surface area contributed by atoms with E-state index in [4.69, 9.17) is 0 Å². The Morgan fingerprint density at radius 1 is 1.53 bits per heavy atom. The maximum Gasteiger partial charge on any atom is 0.228 e. The first-order valence-electron chi connectivity index (χ1n) is 6.22. The lowest BCUT2D eigenvalue weighted by Gasteiger charge is -2.30. The van der Waals surface area contributed by atoms with Crippen molar-refractivity contribution in [2.75, 3.05) is 26.2 Å². The van der Waals surface area contributed by atoms with Crippen LogP contribution in [0, 0.1) is 5.92 Å². The molecule has 0 spiro atoms. The Kier molecular flexibility index (Phi) is 2.63. The van der Waals surface area contributed by atoms with Gasteiger partial charge in [-0.15, -0.1) is 0 Å². The minimum absolute atomic E-state index is 0.225. The highest BCUT2D eigenvalue weighted by Gasteiger charge is 2.34. The smallest absolute Gasteiger partial charge is 0.228 e. The van der Waals surface area contributed by atoms with Crippen LogP contribution in [0.15, 0.2) is 12.4 Å². The molecule has 2 fully saturated rings. The number of likely N-dealkylation sites (tertiary alicyclic amines) is 1. The van der Waals surface area contributed by atoms with Crippen LogP contribution < -0.4 is 5.32 Å². The number of amides is 1. The lowest BCUT2D eigenvalue weighted by Crippen LogP contribution is -2.51. The van der Waals surface area contributed by atoms with Gasteiger partial charge in [0.25, 0.3) is 0 Å². The van der Waals surface area contributed by atoms with Crippen molar-refractivity contribution in [1.82, 2.24) is 20.0 Å². The maximum absolute atomic E-state index is 12.1. The molecule has 1 aromatic heterocycles. The molecule has 0 bridgehead atoms. The van der Waals surface area contributed by atoms with Gasteiger partial charge in [0, 0.05) is 45.3 Å². The Balaban J connectivity index is 1.63. The summed E-state index contributed by atoms with van der Waals surface area (Å²) < 4.78 is 1.83. The van der Waals surface area contributed by atoms with Crippen LogP contribution in [0.25, 0.3) is 0 Å². The highest BCUT2D eigenvalue weighted by atomic mass is 16.2. The molecule has 2 aliphatic rings. The normalized spacial score (nSPS) is 25.0. The van der Waals surface area contributed by atoms with Crippen molar-refractivity contribution in [3.05, 3.63) is 18.0 Å². The number of hydrogen-bond acceptors (Lipinski definition) is 3. The van der Waals surface area contributed by atoms with Crippen LogP contribution in [0.5, 0.6) is 0 Å². The van der Waals surface area contributed by atoms with E-state index in [1.165, 1.54) is 5.56 Å². The molecule has 2 saturated heterocycles. The molecule has 1 atom stereocenters.